The third-order valence-electron chi connectivity index (χ3n) is 2.78. The van der Waals surface area contributed by atoms with Crippen molar-refractivity contribution in [2.75, 3.05) is 7.05 Å². The van der Waals surface area contributed by atoms with Gasteiger partial charge in [-0.05, 0) is 25.6 Å². The zero-order chi connectivity index (χ0) is 13.1. The molecule has 1 heterocycles. The molecule has 3 nitrogen and oxygen atoms in total. The number of nitrogens with one attached hydrogen (secondary N) is 1. The standard InChI is InChI=1S/C13H15F2N3/c1-3-18-13(15)11(8-17-18)10-5-4-9(7-16-2)6-12(10)14/h4-6,8,16H,3,7H2,1-2H3. The molecule has 0 saturated carbocycles. The largest absolute Gasteiger partial charge is 0.316 e. The topological polar surface area (TPSA) is 29.9 Å². The number of rotatable bonds is 4. The van der Waals surface area contributed by atoms with Gasteiger partial charge in [0.1, 0.15) is 5.82 Å². The van der Waals surface area contributed by atoms with Crippen molar-refractivity contribution in [2.24, 2.45) is 0 Å². The summed E-state index contributed by atoms with van der Waals surface area (Å²) in [6, 6.07) is 4.77. The van der Waals surface area contributed by atoms with Crippen LogP contribution in [-0.4, -0.2) is 16.8 Å². The summed E-state index contributed by atoms with van der Waals surface area (Å²) in [7, 11) is 1.79. The van der Waals surface area contributed by atoms with Gasteiger partial charge in [-0.1, -0.05) is 12.1 Å². The van der Waals surface area contributed by atoms with E-state index in [1.54, 1.807) is 26.1 Å². The van der Waals surface area contributed by atoms with Crippen LogP contribution < -0.4 is 5.32 Å². The zero-order valence-electron chi connectivity index (χ0n) is 10.4. The summed E-state index contributed by atoms with van der Waals surface area (Å²) in [5.41, 5.74) is 1.26. The summed E-state index contributed by atoms with van der Waals surface area (Å²) in [6.45, 7) is 2.78. The van der Waals surface area contributed by atoms with Gasteiger partial charge in [0.25, 0.3) is 0 Å². The number of hydrogen-bond acceptors (Lipinski definition) is 2. The van der Waals surface area contributed by atoms with Gasteiger partial charge < -0.3 is 5.32 Å². The van der Waals surface area contributed by atoms with E-state index in [1.807, 2.05) is 0 Å². The molecule has 0 bridgehead atoms. The molecular formula is C13H15F2N3. The van der Waals surface area contributed by atoms with Gasteiger partial charge in [0.15, 0.2) is 0 Å². The lowest BCUT2D eigenvalue weighted by Crippen LogP contribution is -2.05. The molecule has 0 aliphatic rings. The van der Waals surface area contributed by atoms with Gasteiger partial charge in [-0.2, -0.15) is 9.49 Å². The summed E-state index contributed by atoms with van der Waals surface area (Å²) in [5, 5.41) is 6.81. The van der Waals surface area contributed by atoms with Crippen molar-refractivity contribution < 1.29 is 8.78 Å². The average molecular weight is 251 g/mol. The maximum Gasteiger partial charge on any atom is 0.219 e. The molecule has 0 spiro atoms. The van der Waals surface area contributed by atoms with Gasteiger partial charge in [-0.25, -0.2) is 9.07 Å². The fourth-order valence-electron chi connectivity index (χ4n) is 1.86. The van der Waals surface area contributed by atoms with E-state index in [2.05, 4.69) is 10.4 Å². The zero-order valence-corrected chi connectivity index (χ0v) is 10.4. The van der Waals surface area contributed by atoms with Crippen molar-refractivity contribution in [1.82, 2.24) is 15.1 Å². The minimum Gasteiger partial charge on any atom is -0.316 e. The minimum absolute atomic E-state index is 0.199. The van der Waals surface area contributed by atoms with Crippen LogP contribution in [0.2, 0.25) is 0 Å². The molecule has 0 fully saturated rings. The summed E-state index contributed by atoms with van der Waals surface area (Å²) >= 11 is 0. The Labute approximate surface area is 104 Å². The molecular weight excluding hydrogens is 236 g/mol. The molecule has 18 heavy (non-hydrogen) atoms. The molecule has 2 rings (SSSR count). The number of benzene rings is 1. The highest BCUT2D eigenvalue weighted by Crippen LogP contribution is 2.26. The van der Waals surface area contributed by atoms with Gasteiger partial charge in [0, 0.05) is 18.7 Å². The molecule has 0 saturated heterocycles. The van der Waals surface area contributed by atoms with Gasteiger partial charge >= 0.3 is 0 Å². The highest BCUT2D eigenvalue weighted by atomic mass is 19.1. The average Bonchev–Trinajstić information content (AvgIpc) is 2.71. The highest BCUT2D eigenvalue weighted by Gasteiger charge is 2.15. The Morgan fingerprint density at radius 1 is 1.28 bits per heavy atom. The van der Waals surface area contributed by atoms with Crippen LogP contribution in [0.5, 0.6) is 0 Å². The van der Waals surface area contributed by atoms with E-state index in [4.69, 9.17) is 0 Å². The highest BCUT2D eigenvalue weighted by molar-refractivity contribution is 5.63. The van der Waals surface area contributed by atoms with Crippen molar-refractivity contribution >= 4 is 0 Å². The normalized spacial score (nSPS) is 10.9. The Morgan fingerprint density at radius 2 is 2.06 bits per heavy atom. The summed E-state index contributed by atoms with van der Waals surface area (Å²) in [5.74, 6) is -0.935. The van der Waals surface area contributed by atoms with Crippen molar-refractivity contribution in [3.63, 3.8) is 0 Å². The second-order valence-corrected chi connectivity index (χ2v) is 4.01. The quantitative estimate of drug-likeness (QED) is 0.905. The molecule has 5 heteroatoms. The maximum atomic E-state index is 13.9. The first kappa shape index (κ1) is 12.7. The minimum atomic E-state index is -0.502. The van der Waals surface area contributed by atoms with Crippen LogP contribution in [0.25, 0.3) is 11.1 Å². The summed E-state index contributed by atoms with van der Waals surface area (Å²) in [4.78, 5) is 0. The van der Waals surface area contributed by atoms with E-state index in [1.165, 1.54) is 16.9 Å². The Kier molecular flexibility index (Phi) is 3.72. The molecule has 0 aliphatic carbocycles. The van der Waals surface area contributed by atoms with Crippen LogP contribution in [0.1, 0.15) is 12.5 Å². The molecule has 1 N–H and O–H groups in total. The SMILES string of the molecule is CCn1ncc(-c2ccc(CNC)cc2F)c1F. The Morgan fingerprint density at radius 3 is 2.61 bits per heavy atom. The third kappa shape index (κ3) is 2.26. The molecule has 0 aliphatic heterocycles. The second-order valence-electron chi connectivity index (χ2n) is 4.01. The fraction of sp³-hybridized carbons (Fsp3) is 0.308. The predicted octanol–water partition coefficient (Wildman–Crippen LogP) is 2.57. The number of hydrogen-bond donors (Lipinski definition) is 1. The molecule has 0 radical (unpaired) electrons. The Balaban J connectivity index is 2.41. The van der Waals surface area contributed by atoms with E-state index < -0.39 is 11.8 Å². The molecule has 96 valence electrons. The Hall–Kier alpha value is -1.75. The van der Waals surface area contributed by atoms with E-state index >= 15 is 0 Å². The van der Waals surface area contributed by atoms with Crippen LogP contribution in [0.4, 0.5) is 8.78 Å². The van der Waals surface area contributed by atoms with E-state index in [-0.39, 0.29) is 11.1 Å². The van der Waals surface area contributed by atoms with Crippen LogP contribution in [0, 0.1) is 11.8 Å². The summed E-state index contributed by atoms with van der Waals surface area (Å²) < 4.78 is 29.0. The van der Waals surface area contributed by atoms with Gasteiger partial charge in [0.2, 0.25) is 5.95 Å². The molecule has 0 atom stereocenters. The number of halogens is 2. The first-order valence-electron chi connectivity index (χ1n) is 5.82. The number of aromatic nitrogens is 2. The molecule has 0 unspecified atom stereocenters. The van der Waals surface area contributed by atoms with Crippen LogP contribution in [-0.2, 0) is 13.1 Å². The lowest BCUT2D eigenvalue weighted by Gasteiger charge is -2.05. The molecule has 2 aromatic rings. The summed E-state index contributed by atoms with van der Waals surface area (Å²) in [6.07, 6.45) is 1.36. The maximum absolute atomic E-state index is 13.9. The molecule has 1 aromatic carbocycles. The van der Waals surface area contributed by atoms with Crippen molar-refractivity contribution in [3.8, 4) is 11.1 Å². The lowest BCUT2D eigenvalue weighted by molar-refractivity contribution is 0.472. The van der Waals surface area contributed by atoms with Crippen molar-refractivity contribution in [1.29, 1.82) is 0 Å². The van der Waals surface area contributed by atoms with Crippen LogP contribution >= 0.6 is 0 Å². The lowest BCUT2D eigenvalue weighted by atomic mass is 10.1. The first-order chi connectivity index (χ1) is 8.67. The van der Waals surface area contributed by atoms with E-state index in [0.717, 1.165) is 5.56 Å². The second kappa shape index (κ2) is 5.27. The Bertz CT molecular complexity index is 549. The smallest absolute Gasteiger partial charge is 0.219 e. The predicted molar refractivity (Wildman–Crippen MR) is 66.0 cm³/mol. The van der Waals surface area contributed by atoms with Crippen LogP contribution in [0.3, 0.4) is 0 Å². The van der Waals surface area contributed by atoms with Gasteiger partial charge in [0.05, 0.1) is 11.8 Å². The van der Waals surface area contributed by atoms with E-state index in [0.29, 0.717) is 13.1 Å². The number of aryl methyl sites for hydroxylation is 1. The third-order valence-corrected chi connectivity index (χ3v) is 2.78. The number of nitrogens with zero attached hydrogens (tertiary/aromatic N) is 2. The van der Waals surface area contributed by atoms with Crippen molar-refractivity contribution in [3.05, 3.63) is 41.7 Å². The van der Waals surface area contributed by atoms with Crippen LogP contribution in [0.15, 0.2) is 24.4 Å². The van der Waals surface area contributed by atoms with Crippen molar-refractivity contribution in [2.45, 2.75) is 20.0 Å². The molecule has 1 aromatic heterocycles. The first-order valence-corrected chi connectivity index (χ1v) is 5.82. The van der Waals surface area contributed by atoms with E-state index in [9.17, 15) is 8.78 Å². The molecule has 0 amide bonds. The fourth-order valence-corrected chi connectivity index (χ4v) is 1.86. The van der Waals surface area contributed by atoms with Gasteiger partial charge in [-0.15, -0.1) is 0 Å². The van der Waals surface area contributed by atoms with Gasteiger partial charge in [-0.3, -0.25) is 0 Å². The monoisotopic (exact) mass is 251 g/mol.